The van der Waals surface area contributed by atoms with Crippen molar-refractivity contribution in [3.63, 3.8) is 0 Å². The summed E-state index contributed by atoms with van der Waals surface area (Å²) < 4.78 is 77.7. The number of likely N-dealkylation sites (tertiary alicyclic amines) is 1. The van der Waals surface area contributed by atoms with E-state index in [1.807, 2.05) is 11.0 Å². The molecule has 2 aliphatic heterocycles. The Morgan fingerprint density at radius 3 is 2.20 bits per heavy atom. The average Bonchev–Trinajstić information content (AvgIpc) is 3.38. The van der Waals surface area contributed by atoms with Crippen LogP contribution in [0.25, 0.3) is 0 Å². The van der Waals surface area contributed by atoms with Crippen LogP contribution >= 0.6 is 0 Å². The number of piperidine rings is 1. The van der Waals surface area contributed by atoms with E-state index < -0.39 is 52.8 Å². The predicted octanol–water partition coefficient (Wildman–Crippen LogP) is 5.08. The normalized spacial score (nSPS) is 17.0. The zero-order chi connectivity index (χ0) is 31.9. The van der Waals surface area contributed by atoms with Gasteiger partial charge in [-0.2, -0.15) is 13.2 Å². The van der Waals surface area contributed by atoms with E-state index in [9.17, 15) is 31.5 Å². The van der Waals surface area contributed by atoms with Crippen molar-refractivity contribution in [1.82, 2.24) is 14.0 Å². The number of hydrogen-bond donors (Lipinski definition) is 1. The fourth-order valence-corrected chi connectivity index (χ4v) is 6.37. The summed E-state index contributed by atoms with van der Waals surface area (Å²) in [5, 5.41) is 0. The van der Waals surface area contributed by atoms with Crippen LogP contribution in [0.4, 0.5) is 22.0 Å². The largest absolute Gasteiger partial charge is 0.416 e. The monoisotopic (exact) mass is 626 g/mol. The first-order valence-corrected chi connectivity index (χ1v) is 14.6. The van der Waals surface area contributed by atoms with Crippen LogP contribution in [0.5, 0.6) is 0 Å². The van der Waals surface area contributed by atoms with Crippen molar-refractivity contribution in [2.24, 2.45) is 5.73 Å². The average molecular weight is 627 g/mol. The maximum absolute atomic E-state index is 14.7. The van der Waals surface area contributed by atoms with Gasteiger partial charge in [0.1, 0.15) is 17.2 Å². The van der Waals surface area contributed by atoms with E-state index in [1.165, 1.54) is 16.7 Å². The molecule has 45 heavy (non-hydrogen) atoms. The van der Waals surface area contributed by atoms with Crippen molar-refractivity contribution in [3.05, 3.63) is 139 Å². The summed E-state index contributed by atoms with van der Waals surface area (Å²) in [7, 11) is 0. The second kappa shape index (κ2) is 12.0. The highest BCUT2D eigenvalue weighted by Crippen LogP contribution is 2.42. The molecule has 1 saturated heterocycles. The molecule has 0 bridgehead atoms. The van der Waals surface area contributed by atoms with Crippen LogP contribution < -0.4 is 17.0 Å². The molecule has 4 aromatic rings. The SMILES string of the molecule is NC(Cn1c(=O)c2c(n(Cc3c(F)cccc3F)c1=O)COC21CCN(Cc2cccc(C(F)(F)F)c2)CC1)c1ccccc1. The zero-order valence-corrected chi connectivity index (χ0v) is 24.2. The van der Waals surface area contributed by atoms with Gasteiger partial charge < -0.3 is 10.5 Å². The molecule has 1 aromatic heterocycles. The lowest BCUT2D eigenvalue weighted by Gasteiger charge is -2.39. The number of alkyl halides is 3. The van der Waals surface area contributed by atoms with Gasteiger partial charge in [0.15, 0.2) is 0 Å². The Labute approximate surface area is 255 Å². The summed E-state index contributed by atoms with van der Waals surface area (Å²) in [6.45, 7) is 0.331. The highest BCUT2D eigenvalue weighted by atomic mass is 19.4. The van der Waals surface area contributed by atoms with Gasteiger partial charge in [0.05, 0.1) is 36.5 Å². The fourth-order valence-electron chi connectivity index (χ4n) is 6.37. The lowest BCUT2D eigenvalue weighted by atomic mass is 9.85. The molecule has 6 rings (SSSR count). The maximum atomic E-state index is 14.7. The van der Waals surface area contributed by atoms with Gasteiger partial charge in [0.2, 0.25) is 0 Å². The minimum Gasteiger partial charge on any atom is -0.364 e. The molecule has 7 nitrogen and oxygen atoms in total. The van der Waals surface area contributed by atoms with Gasteiger partial charge in [0, 0.05) is 31.2 Å². The summed E-state index contributed by atoms with van der Waals surface area (Å²) >= 11 is 0. The maximum Gasteiger partial charge on any atom is 0.416 e. The molecule has 12 heteroatoms. The summed E-state index contributed by atoms with van der Waals surface area (Å²) in [4.78, 5) is 29.9. The predicted molar refractivity (Wildman–Crippen MR) is 156 cm³/mol. The fraction of sp³-hybridized carbons (Fsp3) is 0.333. The molecule has 0 radical (unpaired) electrons. The number of nitrogens with two attached hydrogens (primary N) is 1. The third kappa shape index (κ3) is 5.97. The number of benzene rings is 3. The first kappa shape index (κ1) is 30.9. The van der Waals surface area contributed by atoms with E-state index in [0.29, 0.717) is 37.1 Å². The quantitative estimate of drug-likeness (QED) is 0.290. The van der Waals surface area contributed by atoms with E-state index in [4.69, 9.17) is 10.5 Å². The number of aromatic nitrogens is 2. The first-order valence-electron chi connectivity index (χ1n) is 14.6. The van der Waals surface area contributed by atoms with Crippen molar-refractivity contribution in [1.29, 1.82) is 0 Å². The summed E-state index contributed by atoms with van der Waals surface area (Å²) in [5.74, 6) is -1.66. The molecule has 2 aliphatic rings. The molecule has 3 heterocycles. The highest BCUT2D eigenvalue weighted by molar-refractivity contribution is 5.32. The van der Waals surface area contributed by atoms with Gasteiger partial charge in [-0.15, -0.1) is 0 Å². The third-order valence-corrected chi connectivity index (χ3v) is 8.79. The van der Waals surface area contributed by atoms with Crippen LogP contribution in [0.15, 0.2) is 82.4 Å². The minimum absolute atomic E-state index is 0.116. The van der Waals surface area contributed by atoms with E-state index >= 15 is 0 Å². The van der Waals surface area contributed by atoms with Crippen molar-refractivity contribution < 1.29 is 26.7 Å². The number of ether oxygens (including phenoxy) is 1. The smallest absolute Gasteiger partial charge is 0.364 e. The van der Waals surface area contributed by atoms with Crippen LogP contribution in [-0.2, 0) is 42.8 Å². The second-order valence-electron chi connectivity index (χ2n) is 11.6. The molecule has 1 unspecified atom stereocenters. The molecule has 0 amide bonds. The van der Waals surface area contributed by atoms with Gasteiger partial charge in [-0.05, 0) is 42.2 Å². The van der Waals surface area contributed by atoms with Crippen LogP contribution in [0.2, 0.25) is 0 Å². The molecule has 236 valence electrons. The van der Waals surface area contributed by atoms with Crippen LogP contribution in [0.1, 0.15) is 52.4 Å². The van der Waals surface area contributed by atoms with Crippen LogP contribution in [0, 0.1) is 11.6 Å². The Hall–Kier alpha value is -4.13. The van der Waals surface area contributed by atoms with Crippen molar-refractivity contribution >= 4 is 0 Å². The first-order chi connectivity index (χ1) is 21.5. The van der Waals surface area contributed by atoms with E-state index in [2.05, 4.69) is 0 Å². The standard InChI is InChI=1S/C33H31F5N4O3/c34-25-10-5-11-26(35)24(25)18-41-28-20-45-32(12-14-40(15-13-32)17-21-6-4-9-23(16-21)33(36,37)38)29(28)30(43)42(31(41)44)19-27(39)22-7-2-1-3-8-22/h1-11,16,27H,12-15,17-20,39H2. The molecular weight excluding hydrogens is 595 g/mol. The van der Waals surface area contributed by atoms with Crippen LogP contribution in [-0.4, -0.2) is 27.1 Å². The Bertz CT molecular complexity index is 1810. The topological polar surface area (TPSA) is 82.5 Å². The van der Waals surface area contributed by atoms with Crippen LogP contribution in [0.3, 0.4) is 0 Å². The lowest BCUT2D eigenvalue weighted by molar-refractivity contribution is -0.137. The molecule has 0 saturated carbocycles. The van der Waals surface area contributed by atoms with Gasteiger partial charge in [-0.1, -0.05) is 54.6 Å². The lowest BCUT2D eigenvalue weighted by Crippen LogP contribution is -2.49. The van der Waals surface area contributed by atoms with E-state index in [-0.39, 0.29) is 36.5 Å². The number of fused-ring (bicyclic) bond motifs is 2. The Morgan fingerprint density at radius 2 is 1.53 bits per heavy atom. The third-order valence-electron chi connectivity index (χ3n) is 8.79. The molecule has 2 N–H and O–H groups in total. The second-order valence-corrected chi connectivity index (χ2v) is 11.6. The molecule has 3 aromatic carbocycles. The number of hydrogen-bond acceptors (Lipinski definition) is 5. The van der Waals surface area contributed by atoms with Crippen molar-refractivity contribution in [3.8, 4) is 0 Å². The summed E-state index contributed by atoms with van der Waals surface area (Å²) in [5.41, 5.74) is 4.67. The van der Waals surface area contributed by atoms with E-state index in [1.54, 1.807) is 30.3 Å². The van der Waals surface area contributed by atoms with E-state index in [0.717, 1.165) is 28.8 Å². The molecule has 1 atom stereocenters. The number of rotatable bonds is 7. The summed E-state index contributed by atoms with van der Waals surface area (Å²) in [6.07, 6.45) is -3.80. The van der Waals surface area contributed by atoms with Gasteiger partial charge in [-0.3, -0.25) is 18.8 Å². The molecule has 1 spiro atoms. The van der Waals surface area contributed by atoms with Gasteiger partial charge in [0.25, 0.3) is 5.56 Å². The number of halogens is 5. The van der Waals surface area contributed by atoms with Gasteiger partial charge in [-0.25, -0.2) is 13.6 Å². The highest BCUT2D eigenvalue weighted by Gasteiger charge is 2.47. The molecule has 1 fully saturated rings. The molecule has 0 aliphatic carbocycles. The Kier molecular flexibility index (Phi) is 8.23. The van der Waals surface area contributed by atoms with Gasteiger partial charge >= 0.3 is 11.9 Å². The summed E-state index contributed by atoms with van der Waals surface area (Å²) in [6, 6.07) is 16.8. The van der Waals surface area contributed by atoms with Crippen molar-refractivity contribution in [2.45, 2.75) is 56.9 Å². The molecular formula is C33H31F5N4O3. The zero-order valence-electron chi connectivity index (χ0n) is 24.2. The Balaban J connectivity index is 1.35. The number of nitrogens with zero attached hydrogens (tertiary/aromatic N) is 3. The minimum atomic E-state index is -4.45. The van der Waals surface area contributed by atoms with Crippen molar-refractivity contribution in [2.75, 3.05) is 13.1 Å². The Morgan fingerprint density at radius 1 is 0.867 bits per heavy atom.